The van der Waals surface area contributed by atoms with Crippen LogP contribution in [0.3, 0.4) is 0 Å². The zero-order valence-electron chi connectivity index (χ0n) is 13.8. The van der Waals surface area contributed by atoms with Gasteiger partial charge in [0.2, 0.25) is 0 Å². The van der Waals surface area contributed by atoms with Gasteiger partial charge in [0.1, 0.15) is 0 Å². The summed E-state index contributed by atoms with van der Waals surface area (Å²) in [7, 11) is 1.75. The summed E-state index contributed by atoms with van der Waals surface area (Å²) < 4.78 is 1.62. The fraction of sp³-hybridized carbons (Fsp3) is 0.111. The Kier molecular flexibility index (Phi) is 5.49. The number of para-hydroxylation sites is 1. The van der Waals surface area contributed by atoms with E-state index in [1.807, 2.05) is 0 Å². The molecule has 0 bridgehead atoms. The molecular weight excluding hydrogens is 416 g/mol. The number of carbonyl (C=O) groups excluding carboxylic acids is 1. The molecule has 0 saturated carbocycles. The maximum absolute atomic E-state index is 13.0. The number of nitrogens with zero attached hydrogens (tertiary/aromatic N) is 2. The van der Waals surface area contributed by atoms with Gasteiger partial charge in [-0.3, -0.25) is 9.48 Å². The van der Waals surface area contributed by atoms with Crippen molar-refractivity contribution >= 4 is 58.0 Å². The van der Waals surface area contributed by atoms with Gasteiger partial charge in [-0.2, -0.15) is 5.10 Å². The van der Waals surface area contributed by atoms with Crippen molar-refractivity contribution in [3.05, 3.63) is 67.7 Å². The molecule has 134 valence electrons. The molecule has 3 aromatic rings. The van der Waals surface area contributed by atoms with E-state index in [2.05, 4.69) is 10.4 Å². The zero-order valence-corrected chi connectivity index (χ0v) is 16.8. The molecule has 0 spiro atoms. The summed E-state index contributed by atoms with van der Waals surface area (Å²) >= 11 is 24.4. The number of halogens is 4. The van der Waals surface area contributed by atoms with Crippen LogP contribution in [0, 0.1) is 6.92 Å². The summed E-state index contributed by atoms with van der Waals surface area (Å²) in [5, 5.41) is 8.66. The first-order valence-corrected chi connectivity index (χ1v) is 9.05. The number of hydrogen-bond acceptors (Lipinski definition) is 2. The molecule has 0 aliphatic carbocycles. The molecule has 26 heavy (non-hydrogen) atoms. The van der Waals surface area contributed by atoms with Gasteiger partial charge in [0.15, 0.2) is 0 Å². The van der Waals surface area contributed by atoms with E-state index < -0.39 is 0 Å². The van der Waals surface area contributed by atoms with E-state index in [9.17, 15) is 4.79 Å². The van der Waals surface area contributed by atoms with E-state index in [1.165, 1.54) is 0 Å². The second-order valence-corrected chi connectivity index (χ2v) is 7.24. The summed E-state index contributed by atoms with van der Waals surface area (Å²) in [6.45, 7) is 1.75. The predicted octanol–water partition coefficient (Wildman–Crippen LogP) is 6.26. The number of hydrogen-bond donors (Lipinski definition) is 1. The lowest BCUT2D eigenvalue weighted by atomic mass is 10.0. The van der Waals surface area contributed by atoms with Crippen molar-refractivity contribution in [2.24, 2.45) is 7.05 Å². The Balaban J connectivity index is 2.08. The molecule has 0 aliphatic heterocycles. The van der Waals surface area contributed by atoms with Crippen LogP contribution in [0.2, 0.25) is 20.1 Å². The molecule has 8 heteroatoms. The second-order valence-electron chi connectivity index (χ2n) is 5.61. The van der Waals surface area contributed by atoms with Crippen molar-refractivity contribution < 1.29 is 4.79 Å². The van der Waals surface area contributed by atoms with Crippen molar-refractivity contribution in [1.82, 2.24) is 9.78 Å². The summed E-state index contributed by atoms with van der Waals surface area (Å²) in [5.41, 5.74) is 2.65. The highest BCUT2D eigenvalue weighted by Crippen LogP contribution is 2.34. The maximum atomic E-state index is 13.0. The molecule has 0 aliphatic rings. The Bertz CT molecular complexity index is 994. The summed E-state index contributed by atoms with van der Waals surface area (Å²) in [5.74, 6) is -0.369. The molecule has 3 rings (SSSR count). The third-order valence-corrected chi connectivity index (χ3v) is 5.21. The van der Waals surface area contributed by atoms with Gasteiger partial charge in [0.25, 0.3) is 5.91 Å². The van der Waals surface area contributed by atoms with Crippen LogP contribution >= 0.6 is 46.4 Å². The van der Waals surface area contributed by atoms with Crippen molar-refractivity contribution in [3.63, 3.8) is 0 Å². The lowest BCUT2D eigenvalue weighted by Crippen LogP contribution is -2.14. The number of rotatable bonds is 3. The first-order chi connectivity index (χ1) is 12.3. The molecule has 2 aromatic carbocycles. The van der Waals surface area contributed by atoms with E-state index in [0.717, 1.165) is 5.56 Å². The highest BCUT2D eigenvalue weighted by molar-refractivity contribution is 6.42. The van der Waals surface area contributed by atoms with Crippen LogP contribution in [0.4, 0.5) is 5.69 Å². The van der Waals surface area contributed by atoms with Crippen LogP contribution in [-0.2, 0) is 7.05 Å². The number of benzene rings is 2. The fourth-order valence-corrected chi connectivity index (χ4v) is 3.49. The van der Waals surface area contributed by atoms with Crippen LogP contribution < -0.4 is 5.32 Å². The number of aromatic nitrogens is 2. The molecule has 0 atom stereocenters. The third kappa shape index (κ3) is 3.55. The maximum Gasteiger partial charge on any atom is 0.259 e. The molecule has 0 fully saturated rings. The molecule has 1 heterocycles. The molecule has 1 N–H and O–H groups in total. The first kappa shape index (κ1) is 19.1. The topological polar surface area (TPSA) is 46.9 Å². The van der Waals surface area contributed by atoms with Gasteiger partial charge in [0, 0.05) is 12.6 Å². The Hall–Kier alpha value is -1.72. The van der Waals surface area contributed by atoms with Crippen molar-refractivity contribution in [2.75, 3.05) is 5.32 Å². The summed E-state index contributed by atoms with van der Waals surface area (Å²) in [4.78, 5) is 13.0. The Morgan fingerprint density at radius 3 is 2.27 bits per heavy atom. The highest BCUT2D eigenvalue weighted by atomic mass is 35.5. The minimum absolute atomic E-state index is 0.350. The quantitative estimate of drug-likeness (QED) is 0.534. The Morgan fingerprint density at radius 2 is 1.65 bits per heavy atom. The highest BCUT2D eigenvalue weighted by Gasteiger charge is 2.23. The molecule has 0 radical (unpaired) electrons. The lowest BCUT2D eigenvalue weighted by molar-refractivity contribution is 0.102. The monoisotopic (exact) mass is 427 g/mol. The van der Waals surface area contributed by atoms with E-state index in [4.69, 9.17) is 46.4 Å². The first-order valence-electron chi connectivity index (χ1n) is 7.54. The zero-order chi connectivity index (χ0) is 19.0. The van der Waals surface area contributed by atoms with Gasteiger partial charge in [-0.25, -0.2) is 0 Å². The van der Waals surface area contributed by atoms with Gasteiger partial charge in [-0.15, -0.1) is 0 Å². The van der Waals surface area contributed by atoms with Crippen molar-refractivity contribution in [1.29, 1.82) is 0 Å². The lowest BCUT2D eigenvalue weighted by Gasteiger charge is -2.11. The average molecular weight is 429 g/mol. The minimum atomic E-state index is -0.369. The SMILES string of the molecule is Cc1nn(C)c(-c2ccc(Cl)c(Cl)c2)c1C(=O)Nc1c(Cl)cccc1Cl. The Labute approximate surface area is 170 Å². The normalized spacial score (nSPS) is 10.8. The van der Waals surface area contributed by atoms with Crippen LogP contribution in [0.25, 0.3) is 11.3 Å². The van der Waals surface area contributed by atoms with Crippen LogP contribution in [0.1, 0.15) is 16.1 Å². The molecule has 4 nitrogen and oxygen atoms in total. The third-order valence-electron chi connectivity index (χ3n) is 3.84. The summed E-state index contributed by atoms with van der Waals surface area (Å²) in [6, 6.07) is 10.2. The van der Waals surface area contributed by atoms with Crippen LogP contribution in [0.15, 0.2) is 36.4 Å². The second kappa shape index (κ2) is 7.49. The molecular formula is C18H13Cl4N3O. The molecule has 1 amide bonds. The van der Waals surface area contributed by atoms with E-state index in [1.54, 1.807) is 55.1 Å². The Morgan fingerprint density at radius 1 is 1.00 bits per heavy atom. The van der Waals surface area contributed by atoms with Gasteiger partial charge in [-0.05, 0) is 31.2 Å². The van der Waals surface area contributed by atoms with Gasteiger partial charge < -0.3 is 5.32 Å². The fourth-order valence-electron chi connectivity index (χ4n) is 2.70. The number of aryl methyl sites for hydroxylation is 2. The number of amides is 1. The molecule has 0 unspecified atom stereocenters. The van der Waals surface area contributed by atoms with Crippen molar-refractivity contribution in [3.8, 4) is 11.3 Å². The summed E-state index contributed by atoms with van der Waals surface area (Å²) in [6.07, 6.45) is 0. The molecule has 1 aromatic heterocycles. The largest absolute Gasteiger partial charge is 0.319 e. The van der Waals surface area contributed by atoms with Crippen LogP contribution in [-0.4, -0.2) is 15.7 Å². The minimum Gasteiger partial charge on any atom is -0.319 e. The van der Waals surface area contributed by atoms with E-state index >= 15 is 0 Å². The van der Waals surface area contributed by atoms with Crippen molar-refractivity contribution in [2.45, 2.75) is 6.92 Å². The van der Waals surface area contributed by atoms with Gasteiger partial charge in [-0.1, -0.05) is 58.5 Å². The van der Waals surface area contributed by atoms with Crippen LogP contribution in [0.5, 0.6) is 0 Å². The molecule has 0 saturated heterocycles. The van der Waals surface area contributed by atoms with E-state index in [0.29, 0.717) is 42.7 Å². The average Bonchev–Trinajstić information content (AvgIpc) is 2.88. The van der Waals surface area contributed by atoms with E-state index in [-0.39, 0.29) is 5.91 Å². The predicted molar refractivity (Wildman–Crippen MR) is 108 cm³/mol. The van der Waals surface area contributed by atoms with Gasteiger partial charge in [0.05, 0.1) is 42.7 Å². The number of anilines is 1. The standard InChI is InChI=1S/C18H13Cl4N3O/c1-9-15(18(26)23-16-12(20)4-3-5-13(16)21)17(25(2)24-9)10-6-7-11(19)14(22)8-10/h3-8H,1-2H3,(H,23,26). The smallest absolute Gasteiger partial charge is 0.259 e. The number of carbonyl (C=O) groups is 1. The van der Waals surface area contributed by atoms with Gasteiger partial charge >= 0.3 is 0 Å². The number of nitrogens with one attached hydrogen (secondary N) is 1.